The highest BCUT2D eigenvalue weighted by Crippen LogP contribution is 2.26. The fraction of sp³-hybridized carbons (Fsp3) is 0.235. The number of ether oxygens (including phenoxy) is 1. The van der Waals surface area contributed by atoms with Gasteiger partial charge in [0.2, 0.25) is 5.91 Å². The predicted molar refractivity (Wildman–Crippen MR) is 103 cm³/mol. The summed E-state index contributed by atoms with van der Waals surface area (Å²) in [7, 11) is 0. The number of hydrogen-bond acceptors (Lipinski definition) is 8. The minimum absolute atomic E-state index is 0.110. The van der Waals surface area contributed by atoms with E-state index >= 15 is 0 Å². The number of nitrogens with zero attached hydrogens (tertiary/aromatic N) is 2. The Morgan fingerprint density at radius 3 is 2.45 bits per heavy atom. The van der Waals surface area contributed by atoms with E-state index in [-0.39, 0.29) is 35.1 Å². The minimum atomic E-state index is -0.904. The second-order valence-corrected chi connectivity index (χ2v) is 6.36. The summed E-state index contributed by atoms with van der Waals surface area (Å²) in [6.07, 6.45) is 0. The molecule has 5 N–H and O–H groups in total. The number of anilines is 2. The smallest absolute Gasteiger partial charge is 0.325 e. The van der Waals surface area contributed by atoms with E-state index in [2.05, 4.69) is 9.69 Å². The normalized spacial score (nSPS) is 10.3. The first-order chi connectivity index (χ1) is 13.7. The molecule has 0 atom stereocenters. The van der Waals surface area contributed by atoms with E-state index < -0.39 is 36.1 Å². The molecule has 1 aromatic carbocycles. The number of hydrogen-bond donors (Lipinski definition) is 3. The van der Waals surface area contributed by atoms with Crippen LogP contribution in [0.5, 0.6) is 0 Å². The molecule has 12 heteroatoms. The lowest BCUT2D eigenvalue weighted by Crippen LogP contribution is -2.42. The molecule has 0 bridgehead atoms. The van der Waals surface area contributed by atoms with E-state index in [0.29, 0.717) is 11.5 Å². The summed E-state index contributed by atoms with van der Waals surface area (Å²) in [4.78, 5) is 48.8. The maximum atomic E-state index is 13.3. The average Bonchev–Trinajstić information content (AvgIpc) is 3.06. The maximum Gasteiger partial charge on any atom is 0.325 e. The number of esters is 1. The zero-order valence-corrected chi connectivity index (χ0v) is 16.1. The van der Waals surface area contributed by atoms with Crippen molar-refractivity contribution in [1.82, 2.24) is 9.69 Å². The molecule has 2 rings (SSSR count). The first-order valence-corrected chi connectivity index (χ1v) is 9.06. The highest BCUT2D eigenvalue weighted by molar-refractivity contribution is 7.09. The third-order valence-electron chi connectivity index (χ3n) is 3.58. The van der Waals surface area contributed by atoms with Gasteiger partial charge in [0.15, 0.2) is 5.69 Å². The van der Waals surface area contributed by atoms with E-state index in [1.165, 1.54) is 12.1 Å². The first kappa shape index (κ1) is 21.8. The van der Waals surface area contributed by atoms with E-state index in [0.717, 1.165) is 17.0 Å². The van der Waals surface area contributed by atoms with Crippen molar-refractivity contribution in [3.8, 4) is 0 Å². The van der Waals surface area contributed by atoms with Gasteiger partial charge in [-0.25, -0.2) is 4.39 Å². The molecule has 0 unspecified atom stereocenters. The molecule has 1 aromatic heterocycles. The zero-order valence-electron chi connectivity index (χ0n) is 15.3. The van der Waals surface area contributed by atoms with Gasteiger partial charge in [0, 0.05) is 5.69 Å². The fourth-order valence-electron chi connectivity index (χ4n) is 2.24. The topological polar surface area (TPSA) is 158 Å². The quantitative estimate of drug-likeness (QED) is 0.515. The van der Waals surface area contributed by atoms with Crippen LogP contribution in [0.15, 0.2) is 24.3 Å². The van der Waals surface area contributed by atoms with Crippen LogP contribution in [0.4, 0.5) is 15.8 Å². The molecular formula is C17H18FN5O5S. The standard InChI is InChI=1S/C17H18FN5O5S/c1-2-28-12(25)7-21-11(24)8-23(10-5-3-9(18)4-6-10)17(27)15-13(19)14(16(20)26)22-29-15/h3-6H,2,7-8,19H2,1H3,(H2,20,26)(H,21,24). The van der Waals surface area contributed by atoms with E-state index in [4.69, 9.17) is 16.2 Å². The Labute approximate surface area is 168 Å². The number of nitrogens with one attached hydrogen (secondary N) is 1. The summed E-state index contributed by atoms with van der Waals surface area (Å²) in [6, 6.07) is 4.80. The van der Waals surface area contributed by atoms with Crippen molar-refractivity contribution in [2.24, 2.45) is 5.73 Å². The number of carbonyl (C=O) groups excluding carboxylic acids is 4. The van der Waals surface area contributed by atoms with Crippen molar-refractivity contribution in [1.29, 1.82) is 0 Å². The number of aromatic nitrogens is 1. The van der Waals surface area contributed by atoms with Crippen LogP contribution < -0.4 is 21.7 Å². The molecule has 0 fully saturated rings. The van der Waals surface area contributed by atoms with Crippen molar-refractivity contribution >= 4 is 46.6 Å². The Hall–Kier alpha value is -3.54. The number of primary amides is 1. The Morgan fingerprint density at radius 1 is 1.24 bits per heavy atom. The lowest BCUT2D eigenvalue weighted by molar-refractivity contribution is -0.143. The first-order valence-electron chi connectivity index (χ1n) is 8.29. The van der Waals surface area contributed by atoms with Gasteiger partial charge in [-0.15, -0.1) is 0 Å². The summed E-state index contributed by atoms with van der Waals surface area (Å²) in [5, 5.41) is 2.32. The van der Waals surface area contributed by atoms with Crippen LogP contribution in [-0.4, -0.2) is 47.8 Å². The van der Waals surface area contributed by atoms with Crippen LogP contribution in [-0.2, 0) is 14.3 Å². The van der Waals surface area contributed by atoms with Crippen LogP contribution in [0.3, 0.4) is 0 Å². The molecule has 1 heterocycles. The van der Waals surface area contributed by atoms with Crippen LogP contribution >= 0.6 is 11.5 Å². The molecule has 0 radical (unpaired) electrons. The lowest BCUT2D eigenvalue weighted by atomic mass is 10.2. The third-order valence-corrected chi connectivity index (χ3v) is 4.43. The average molecular weight is 423 g/mol. The number of carbonyl (C=O) groups is 4. The SMILES string of the molecule is CCOC(=O)CNC(=O)CN(C(=O)c1snc(C(N)=O)c1N)c1ccc(F)cc1. The summed E-state index contributed by atoms with van der Waals surface area (Å²) < 4.78 is 21.7. The van der Waals surface area contributed by atoms with Gasteiger partial charge in [0.25, 0.3) is 11.8 Å². The molecule has 0 saturated carbocycles. The van der Waals surface area contributed by atoms with Gasteiger partial charge < -0.3 is 21.5 Å². The van der Waals surface area contributed by atoms with Crippen molar-refractivity contribution in [3.63, 3.8) is 0 Å². The fourth-order valence-corrected chi connectivity index (χ4v) is 2.99. The summed E-state index contributed by atoms with van der Waals surface area (Å²) in [6.45, 7) is 0.885. The number of benzene rings is 1. The Bertz CT molecular complexity index is 931. The molecule has 2 aromatic rings. The molecule has 0 aliphatic heterocycles. The number of halogens is 1. The predicted octanol–water partition coefficient (Wildman–Crippen LogP) is 0.289. The van der Waals surface area contributed by atoms with E-state index in [1.54, 1.807) is 6.92 Å². The van der Waals surface area contributed by atoms with Gasteiger partial charge in [-0.2, -0.15) is 4.37 Å². The van der Waals surface area contributed by atoms with E-state index in [1.807, 2.05) is 0 Å². The number of nitrogen functional groups attached to an aromatic ring is 1. The van der Waals surface area contributed by atoms with Gasteiger partial charge in [-0.05, 0) is 42.7 Å². The van der Waals surface area contributed by atoms with Gasteiger partial charge in [0.1, 0.15) is 23.8 Å². The van der Waals surface area contributed by atoms with Gasteiger partial charge in [-0.3, -0.25) is 24.1 Å². The minimum Gasteiger partial charge on any atom is -0.465 e. The van der Waals surface area contributed by atoms with Gasteiger partial charge in [-0.1, -0.05) is 0 Å². The maximum absolute atomic E-state index is 13.3. The molecule has 0 aliphatic rings. The molecule has 0 spiro atoms. The summed E-state index contributed by atoms with van der Waals surface area (Å²) >= 11 is 0.644. The van der Waals surface area contributed by atoms with Gasteiger partial charge >= 0.3 is 5.97 Å². The molecule has 10 nitrogen and oxygen atoms in total. The molecule has 0 saturated heterocycles. The van der Waals surface area contributed by atoms with Crippen molar-refractivity contribution in [2.45, 2.75) is 6.92 Å². The monoisotopic (exact) mass is 423 g/mol. The Morgan fingerprint density at radius 2 is 1.90 bits per heavy atom. The van der Waals surface area contributed by atoms with Crippen molar-refractivity contribution < 1.29 is 28.3 Å². The molecule has 3 amide bonds. The summed E-state index contributed by atoms with van der Waals surface area (Å²) in [5.41, 5.74) is 10.7. The van der Waals surface area contributed by atoms with Crippen LogP contribution in [0.2, 0.25) is 0 Å². The third kappa shape index (κ3) is 5.48. The number of amides is 3. The second kappa shape index (κ2) is 9.59. The summed E-state index contributed by atoms with van der Waals surface area (Å²) in [5.74, 6) is -3.50. The molecule has 29 heavy (non-hydrogen) atoms. The highest BCUT2D eigenvalue weighted by Gasteiger charge is 2.27. The van der Waals surface area contributed by atoms with Crippen LogP contribution in [0.1, 0.15) is 27.1 Å². The zero-order chi connectivity index (χ0) is 21.6. The van der Waals surface area contributed by atoms with Crippen molar-refractivity contribution in [2.75, 3.05) is 30.3 Å². The number of nitrogens with two attached hydrogens (primary N) is 2. The second-order valence-electron chi connectivity index (χ2n) is 5.59. The Balaban J connectivity index is 2.27. The largest absolute Gasteiger partial charge is 0.465 e. The van der Waals surface area contributed by atoms with Crippen LogP contribution in [0, 0.1) is 5.82 Å². The molecule has 0 aliphatic carbocycles. The number of rotatable bonds is 8. The molecular weight excluding hydrogens is 405 g/mol. The Kier molecular flexibility index (Phi) is 7.20. The van der Waals surface area contributed by atoms with Crippen LogP contribution in [0.25, 0.3) is 0 Å². The van der Waals surface area contributed by atoms with Gasteiger partial charge in [0.05, 0.1) is 12.3 Å². The lowest BCUT2D eigenvalue weighted by Gasteiger charge is -2.22. The van der Waals surface area contributed by atoms with Crippen molar-refractivity contribution in [3.05, 3.63) is 40.7 Å². The van der Waals surface area contributed by atoms with E-state index in [9.17, 15) is 23.6 Å². The molecule has 154 valence electrons. The highest BCUT2D eigenvalue weighted by atomic mass is 32.1.